The molecule has 0 radical (unpaired) electrons. The van der Waals surface area contributed by atoms with Crippen LogP contribution < -0.4 is 10.6 Å². The monoisotopic (exact) mass is 381 g/mol. The number of hydrogen-bond donors (Lipinski definition) is 2. The molecule has 0 spiro atoms. The van der Waals surface area contributed by atoms with Crippen molar-refractivity contribution < 1.29 is 9.59 Å². The fourth-order valence-electron chi connectivity index (χ4n) is 3.74. The van der Waals surface area contributed by atoms with Gasteiger partial charge in [0.05, 0.1) is 18.8 Å². The van der Waals surface area contributed by atoms with E-state index in [9.17, 15) is 9.59 Å². The number of amides is 2. The van der Waals surface area contributed by atoms with Crippen LogP contribution in [0.3, 0.4) is 0 Å². The summed E-state index contributed by atoms with van der Waals surface area (Å²) >= 11 is 0. The fourth-order valence-corrected chi connectivity index (χ4v) is 3.74. The van der Waals surface area contributed by atoms with Gasteiger partial charge in [-0.05, 0) is 44.2 Å². The lowest BCUT2D eigenvalue weighted by Gasteiger charge is -2.32. The fraction of sp³-hybridized carbons (Fsp3) is 0.476. The van der Waals surface area contributed by atoms with E-state index in [0.29, 0.717) is 18.2 Å². The number of nitrogens with zero attached hydrogens (tertiary/aromatic N) is 3. The third-order valence-electron chi connectivity index (χ3n) is 5.51. The number of piperidine rings is 1. The van der Waals surface area contributed by atoms with Crippen LogP contribution in [-0.4, -0.2) is 52.2 Å². The number of likely N-dealkylation sites (tertiary alicyclic amines) is 1. The van der Waals surface area contributed by atoms with Gasteiger partial charge in [-0.3, -0.25) is 14.5 Å². The van der Waals surface area contributed by atoms with Crippen LogP contribution in [0.15, 0.2) is 36.5 Å². The van der Waals surface area contributed by atoms with Crippen LogP contribution in [0.4, 0.5) is 5.82 Å². The van der Waals surface area contributed by atoms with Crippen molar-refractivity contribution in [3.05, 3.63) is 47.7 Å². The number of nitrogens with one attached hydrogen (secondary N) is 2. The molecular weight excluding hydrogens is 354 g/mol. The molecule has 1 aromatic heterocycles. The van der Waals surface area contributed by atoms with E-state index in [-0.39, 0.29) is 17.9 Å². The average Bonchev–Trinajstić information content (AvgIpc) is 3.38. The van der Waals surface area contributed by atoms with Gasteiger partial charge >= 0.3 is 0 Å². The van der Waals surface area contributed by atoms with E-state index < -0.39 is 0 Å². The second-order valence-electron chi connectivity index (χ2n) is 7.78. The van der Waals surface area contributed by atoms with E-state index in [2.05, 4.69) is 20.6 Å². The van der Waals surface area contributed by atoms with Crippen LogP contribution in [0, 0.1) is 6.92 Å². The van der Waals surface area contributed by atoms with Gasteiger partial charge in [0.2, 0.25) is 5.91 Å². The number of aromatic nitrogens is 2. The lowest BCUT2D eigenvalue weighted by molar-refractivity contribution is -0.122. The summed E-state index contributed by atoms with van der Waals surface area (Å²) in [5.74, 6) is 0.735. The predicted octanol–water partition coefficient (Wildman–Crippen LogP) is 2.36. The maximum Gasteiger partial charge on any atom is 0.257 e. The maximum absolute atomic E-state index is 12.6. The third kappa shape index (κ3) is 4.42. The first-order chi connectivity index (χ1) is 13.6. The number of aryl methyl sites for hydroxylation is 1. The number of anilines is 1. The van der Waals surface area contributed by atoms with E-state index >= 15 is 0 Å². The SMILES string of the molecule is Cc1ccccc1C(=O)Nc1ccnn1C1CCN(CC(=O)NC2CC2)CC1. The van der Waals surface area contributed by atoms with Gasteiger partial charge in [-0.15, -0.1) is 0 Å². The van der Waals surface area contributed by atoms with E-state index in [1.807, 2.05) is 41.9 Å². The Morgan fingerprint density at radius 1 is 1.11 bits per heavy atom. The Balaban J connectivity index is 1.33. The van der Waals surface area contributed by atoms with E-state index in [0.717, 1.165) is 50.2 Å². The second kappa shape index (κ2) is 8.14. The Morgan fingerprint density at radius 3 is 2.57 bits per heavy atom. The quantitative estimate of drug-likeness (QED) is 0.805. The number of rotatable bonds is 6. The highest BCUT2D eigenvalue weighted by Gasteiger charge is 2.27. The molecule has 1 aliphatic heterocycles. The average molecular weight is 381 g/mol. The highest BCUT2D eigenvalue weighted by molar-refractivity contribution is 6.04. The molecule has 1 saturated heterocycles. The topological polar surface area (TPSA) is 79.3 Å². The van der Waals surface area contributed by atoms with Crippen LogP contribution >= 0.6 is 0 Å². The second-order valence-corrected chi connectivity index (χ2v) is 7.78. The number of hydrogen-bond acceptors (Lipinski definition) is 4. The van der Waals surface area contributed by atoms with Gasteiger partial charge in [0.15, 0.2) is 0 Å². The van der Waals surface area contributed by atoms with Crippen molar-refractivity contribution in [3.8, 4) is 0 Å². The van der Waals surface area contributed by atoms with Crippen molar-refractivity contribution in [1.82, 2.24) is 20.0 Å². The molecule has 1 aliphatic carbocycles. The predicted molar refractivity (Wildman–Crippen MR) is 107 cm³/mol. The van der Waals surface area contributed by atoms with E-state index in [1.54, 1.807) is 6.20 Å². The van der Waals surface area contributed by atoms with Crippen LogP contribution in [0.2, 0.25) is 0 Å². The van der Waals surface area contributed by atoms with Crippen molar-refractivity contribution in [2.75, 3.05) is 25.0 Å². The molecule has 2 fully saturated rings. The molecule has 2 N–H and O–H groups in total. The van der Waals surface area contributed by atoms with Crippen LogP contribution in [0.25, 0.3) is 0 Å². The Bertz CT molecular complexity index is 850. The van der Waals surface area contributed by atoms with Crippen LogP contribution in [0.5, 0.6) is 0 Å². The normalized spacial score (nSPS) is 18.0. The number of carbonyl (C=O) groups excluding carboxylic acids is 2. The molecule has 0 unspecified atom stereocenters. The summed E-state index contributed by atoms with van der Waals surface area (Å²) in [5, 5.41) is 10.5. The Morgan fingerprint density at radius 2 is 1.86 bits per heavy atom. The molecule has 1 aromatic carbocycles. The van der Waals surface area contributed by atoms with Crippen molar-refractivity contribution in [1.29, 1.82) is 0 Å². The van der Waals surface area contributed by atoms with Gasteiger partial charge in [0.25, 0.3) is 5.91 Å². The summed E-state index contributed by atoms with van der Waals surface area (Å²) < 4.78 is 1.91. The van der Waals surface area contributed by atoms with Crippen LogP contribution in [0.1, 0.15) is 47.6 Å². The molecule has 7 nitrogen and oxygen atoms in total. The molecule has 28 heavy (non-hydrogen) atoms. The summed E-state index contributed by atoms with van der Waals surface area (Å²) in [6.45, 7) is 4.11. The molecular formula is C21H27N5O2. The Labute approximate surface area is 165 Å². The largest absolute Gasteiger partial charge is 0.352 e. The number of benzene rings is 1. The smallest absolute Gasteiger partial charge is 0.257 e. The standard InChI is InChI=1S/C21H27N5O2/c1-15-4-2-3-5-18(15)21(28)24-19-8-11-22-26(19)17-9-12-25(13-10-17)14-20(27)23-16-6-7-16/h2-5,8,11,16-17H,6-7,9-10,12-14H2,1H3,(H,23,27)(H,24,28). The van der Waals surface area contributed by atoms with Crippen LogP contribution in [-0.2, 0) is 4.79 Å². The van der Waals surface area contributed by atoms with Gasteiger partial charge in [-0.2, -0.15) is 5.10 Å². The first-order valence-electron chi connectivity index (χ1n) is 10.0. The highest BCUT2D eigenvalue weighted by atomic mass is 16.2. The minimum Gasteiger partial charge on any atom is -0.352 e. The van der Waals surface area contributed by atoms with Crippen molar-refractivity contribution in [2.45, 2.75) is 44.7 Å². The van der Waals surface area contributed by atoms with E-state index in [1.165, 1.54) is 0 Å². The van der Waals surface area contributed by atoms with E-state index in [4.69, 9.17) is 0 Å². The summed E-state index contributed by atoms with van der Waals surface area (Å²) in [4.78, 5) is 26.8. The van der Waals surface area contributed by atoms with Crippen molar-refractivity contribution >= 4 is 17.6 Å². The molecule has 2 aromatic rings. The summed E-state index contributed by atoms with van der Waals surface area (Å²) in [7, 11) is 0. The molecule has 7 heteroatoms. The zero-order chi connectivity index (χ0) is 19.5. The molecule has 2 heterocycles. The molecule has 4 rings (SSSR count). The zero-order valence-corrected chi connectivity index (χ0v) is 16.2. The Kier molecular flexibility index (Phi) is 5.43. The number of carbonyl (C=O) groups is 2. The van der Waals surface area contributed by atoms with Crippen molar-refractivity contribution in [2.24, 2.45) is 0 Å². The minimum absolute atomic E-state index is 0.117. The van der Waals surface area contributed by atoms with Gasteiger partial charge in [0.1, 0.15) is 5.82 Å². The molecule has 2 amide bonds. The lowest BCUT2D eigenvalue weighted by Crippen LogP contribution is -2.42. The molecule has 0 atom stereocenters. The van der Waals surface area contributed by atoms with Gasteiger partial charge < -0.3 is 10.6 Å². The van der Waals surface area contributed by atoms with Gasteiger partial charge in [-0.1, -0.05) is 18.2 Å². The van der Waals surface area contributed by atoms with Gasteiger partial charge in [0, 0.05) is 30.8 Å². The highest BCUT2D eigenvalue weighted by Crippen LogP contribution is 2.26. The first-order valence-corrected chi connectivity index (χ1v) is 10.0. The molecule has 2 aliphatic rings. The first kappa shape index (κ1) is 18.7. The third-order valence-corrected chi connectivity index (χ3v) is 5.51. The maximum atomic E-state index is 12.6. The summed E-state index contributed by atoms with van der Waals surface area (Å²) in [5.41, 5.74) is 1.62. The Hall–Kier alpha value is -2.67. The van der Waals surface area contributed by atoms with Crippen molar-refractivity contribution in [3.63, 3.8) is 0 Å². The molecule has 1 saturated carbocycles. The molecule has 148 valence electrons. The lowest BCUT2D eigenvalue weighted by atomic mass is 10.1. The minimum atomic E-state index is -0.117. The van der Waals surface area contributed by atoms with Gasteiger partial charge in [-0.25, -0.2) is 4.68 Å². The summed E-state index contributed by atoms with van der Waals surface area (Å²) in [6.07, 6.45) is 5.77. The zero-order valence-electron chi connectivity index (χ0n) is 16.2. The molecule has 0 bridgehead atoms. The summed E-state index contributed by atoms with van der Waals surface area (Å²) in [6, 6.07) is 10.0.